The summed E-state index contributed by atoms with van der Waals surface area (Å²) in [6.07, 6.45) is 2.43. The third-order valence-electron chi connectivity index (χ3n) is 2.58. The van der Waals surface area contributed by atoms with Crippen LogP contribution in [0.1, 0.15) is 44.0 Å². The average Bonchev–Trinajstić information content (AvgIpc) is 3.07. The SMILES string of the molecule is CC.Cc1ccc2nc(C3CC3)nn2c1Cl. The molecule has 16 heavy (non-hydrogen) atoms. The first-order valence-corrected chi connectivity index (χ1v) is 6.15. The number of hydrogen-bond donors (Lipinski definition) is 0. The van der Waals surface area contributed by atoms with Crippen LogP contribution in [0.25, 0.3) is 5.65 Å². The summed E-state index contributed by atoms with van der Waals surface area (Å²) in [6, 6.07) is 3.93. The lowest BCUT2D eigenvalue weighted by Crippen LogP contribution is -1.92. The predicted octanol–water partition coefficient (Wildman–Crippen LogP) is 3.59. The molecular weight excluding hydrogens is 222 g/mol. The Morgan fingerprint density at radius 2 is 2.00 bits per heavy atom. The Bertz CT molecular complexity index is 500. The van der Waals surface area contributed by atoms with Gasteiger partial charge in [0.1, 0.15) is 5.15 Å². The zero-order chi connectivity index (χ0) is 11.7. The van der Waals surface area contributed by atoms with E-state index in [9.17, 15) is 0 Å². The van der Waals surface area contributed by atoms with Gasteiger partial charge in [-0.1, -0.05) is 31.5 Å². The van der Waals surface area contributed by atoms with Gasteiger partial charge >= 0.3 is 0 Å². The van der Waals surface area contributed by atoms with Crippen molar-refractivity contribution in [2.45, 2.75) is 39.5 Å². The van der Waals surface area contributed by atoms with Crippen LogP contribution < -0.4 is 0 Å². The normalized spacial score (nSPS) is 14.8. The predicted molar refractivity (Wildman–Crippen MR) is 66.1 cm³/mol. The summed E-state index contributed by atoms with van der Waals surface area (Å²) in [5.74, 6) is 1.52. The Hall–Kier alpha value is -1.09. The largest absolute Gasteiger partial charge is 0.212 e. The van der Waals surface area contributed by atoms with E-state index in [1.165, 1.54) is 12.8 Å². The summed E-state index contributed by atoms with van der Waals surface area (Å²) < 4.78 is 1.73. The fraction of sp³-hybridized carbons (Fsp3) is 0.500. The van der Waals surface area contributed by atoms with Gasteiger partial charge in [-0.05, 0) is 31.4 Å². The van der Waals surface area contributed by atoms with Crippen molar-refractivity contribution < 1.29 is 0 Å². The van der Waals surface area contributed by atoms with Crippen molar-refractivity contribution in [3.63, 3.8) is 0 Å². The van der Waals surface area contributed by atoms with E-state index in [4.69, 9.17) is 11.6 Å². The van der Waals surface area contributed by atoms with E-state index in [0.29, 0.717) is 11.1 Å². The highest BCUT2D eigenvalue weighted by Gasteiger charge is 2.28. The number of hydrogen-bond acceptors (Lipinski definition) is 2. The topological polar surface area (TPSA) is 30.2 Å². The minimum Gasteiger partial charge on any atom is -0.212 e. The molecule has 86 valence electrons. The van der Waals surface area contributed by atoms with E-state index in [2.05, 4.69) is 10.1 Å². The molecule has 2 aromatic heterocycles. The minimum atomic E-state index is 0.575. The molecule has 1 fully saturated rings. The highest BCUT2D eigenvalue weighted by atomic mass is 35.5. The number of aryl methyl sites for hydroxylation is 1. The van der Waals surface area contributed by atoms with E-state index in [0.717, 1.165) is 17.0 Å². The summed E-state index contributed by atoms with van der Waals surface area (Å²) in [4.78, 5) is 4.44. The molecule has 4 heteroatoms. The molecule has 0 atom stereocenters. The maximum Gasteiger partial charge on any atom is 0.157 e. The number of pyridine rings is 1. The van der Waals surface area contributed by atoms with Crippen molar-refractivity contribution in [2.75, 3.05) is 0 Å². The number of fused-ring (bicyclic) bond motifs is 1. The molecule has 2 heterocycles. The Labute approximate surface area is 100 Å². The quantitative estimate of drug-likeness (QED) is 0.710. The van der Waals surface area contributed by atoms with Gasteiger partial charge in [-0.25, -0.2) is 9.50 Å². The van der Waals surface area contributed by atoms with Gasteiger partial charge in [0.2, 0.25) is 0 Å². The monoisotopic (exact) mass is 237 g/mol. The van der Waals surface area contributed by atoms with Crippen LogP contribution in [0.3, 0.4) is 0 Å². The van der Waals surface area contributed by atoms with Crippen molar-refractivity contribution in [2.24, 2.45) is 0 Å². The highest BCUT2D eigenvalue weighted by molar-refractivity contribution is 6.30. The molecule has 0 aromatic carbocycles. The molecule has 0 aliphatic heterocycles. The Morgan fingerprint density at radius 1 is 1.31 bits per heavy atom. The maximum atomic E-state index is 6.12. The highest BCUT2D eigenvalue weighted by Crippen LogP contribution is 2.38. The molecule has 3 rings (SSSR count). The smallest absolute Gasteiger partial charge is 0.157 e. The second kappa shape index (κ2) is 4.42. The lowest BCUT2D eigenvalue weighted by atomic mass is 10.3. The zero-order valence-electron chi connectivity index (χ0n) is 9.87. The lowest BCUT2D eigenvalue weighted by Gasteiger charge is -1.97. The molecule has 0 spiro atoms. The van der Waals surface area contributed by atoms with Gasteiger partial charge in [0.15, 0.2) is 11.5 Å². The third-order valence-corrected chi connectivity index (χ3v) is 3.04. The average molecular weight is 238 g/mol. The van der Waals surface area contributed by atoms with Gasteiger partial charge in [0.05, 0.1) is 0 Å². The molecule has 2 aromatic rings. The third kappa shape index (κ3) is 1.92. The van der Waals surface area contributed by atoms with Gasteiger partial charge < -0.3 is 0 Å². The van der Waals surface area contributed by atoms with Crippen LogP contribution in [0.5, 0.6) is 0 Å². The van der Waals surface area contributed by atoms with Crippen LogP contribution in [0.4, 0.5) is 0 Å². The fourth-order valence-electron chi connectivity index (χ4n) is 1.54. The first-order chi connectivity index (χ1) is 7.75. The van der Waals surface area contributed by atoms with Gasteiger partial charge in [0, 0.05) is 5.92 Å². The number of aromatic nitrogens is 3. The summed E-state index contributed by atoms with van der Waals surface area (Å²) >= 11 is 6.12. The van der Waals surface area contributed by atoms with Crippen molar-refractivity contribution in [1.29, 1.82) is 0 Å². The van der Waals surface area contributed by atoms with Gasteiger partial charge in [-0.15, -0.1) is 5.10 Å². The van der Waals surface area contributed by atoms with E-state index >= 15 is 0 Å². The number of nitrogens with zero attached hydrogens (tertiary/aromatic N) is 3. The summed E-state index contributed by atoms with van der Waals surface area (Å²) in [5, 5.41) is 5.08. The van der Waals surface area contributed by atoms with Crippen LogP contribution >= 0.6 is 11.6 Å². The molecule has 0 amide bonds. The van der Waals surface area contributed by atoms with E-state index in [-0.39, 0.29) is 0 Å². The standard InChI is InChI=1S/C10H10ClN3.C2H6/c1-6-2-5-8-12-10(7-3-4-7)13-14(8)9(6)11;1-2/h2,5,7H,3-4H2,1H3;1-2H3. The van der Waals surface area contributed by atoms with Crippen LogP contribution in [0.2, 0.25) is 5.15 Å². The molecule has 0 radical (unpaired) electrons. The van der Waals surface area contributed by atoms with E-state index < -0.39 is 0 Å². The van der Waals surface area contributed by atoms with Gasteiger partial charge in [0.25, 0.3) is 0 Å². The molecule has 0 N–H and O–H groups in total. The Morgan fingerprint density at radius 3 is 2.62 bits per heavy atom. The van der Waals surface area contributed by atoms with Crippen molar-refractivity contribution >= 4 is 17.2 Å². The maximum absolute atomic E-state index is 6.12. The molecule has 0 saturated heterocycles. The first-order valence-electron chi connectivity index (χ1n) is 5.77. The van der Waals surface area contributed by atoms with Crippen LogP contribution in [0, 0.1) is 6.92 Å². The molecule has 0 bridgehead atoms. The second-order valence-electron chi connectivity index (χ2n) is 3.82. The lowest BCUT2D eigenvalue weighted by molar-refractivity contribution is 0.875. The molecule has 3 nitrogen and oxygen atoms in total. The minimum absolute atomic E-state index is 0.575. The van der Waals surface area contributed by atoms with Gasteiger partial charge in [-0.2, -0.15) is 0 Å². The zero-order valence-corrected chi connectivity index (χ0v) is 10.6. The van der Waals surface area contributed by atoms with Crippen LogP contribution in [-0.2, 0) is 0 Å². The molecule has 1 aliphatic carbocycles. The second-order valence-corrected chi connectivity index (χ2v) is 4.18. The molecular formula is C12H16ClN3. The molecule has 1 aliphatic rings. The summed E-state index contributed by atoms with van der Waals surface area (Å²) in [7, 11) is 0. The summed E-state index contributed by atoms with van der Waals surface area (Å²) in [6.45, 7) is 5.97. The van der Waals surface area contributed by atoms with Gasteiger partial charge in [-0.3, -0.25) is 0 Å². The molecule has 0 unspecified atom stereocenters. The van der Waals surface area contributed by atoms with Crippen molar-refractivity contribution in [3.05, 3.63) is 28.7 Å². The fourth-order valence-corrected chi connectivity index (χ4v) is 1.73. The van der Waals surface area contributed by atoms with E-state index in [1.807, 2.05) is 32.9 Å². The van der Waals surface area contributed by atoms with Crippen molar-refractivity contribution in [3.8, 4) is 0 Å². The molecule has 1 saturated carbocycles. The Kier molecular flexibility index (Phi) is 3.15. The van der Waals surface area contributed by atoms with Crippen LogP contribution in [-0.4, -0.2) is 14.6 Å². The Balaban J connectivity index is 0.000000457. The van der Waals surface area contributed by atoms with Crippen molar-refractivity contribution in [1.82, 2.24) is 14.6 Å². The van der Waals surface area contributed by atoms with Crippen LogP contribution in [0.15, 0.2) is 12.1 Å². The van der Waals surface area contributed by atoms with E-state index in [1.54, 1.807) is 4.52 Å². The first kappa shape index (κ1) is 11.4. The number of halogens is 1. The summed E-state index contributed by atoms with van der Waals surface area (Å²) in [5.41, 5.74) is 1.88. The number of rotatable bonds is 1.